The molecule has 1 N–H and O–H groups in total. The highest BCUT2D eigenvalue weighted by Gasteiger charge is 2.50. The van der Waals surface area contributed by atoms with Crippen molar-refractivity contribution in [2.24, 2.45) is 16.7 Å². The van der Waals surface area contributed by atoms with Crippen LogP contribution in [0.1, 0.15) is 61.3 Å². The second-order valence-electron chi connectivity index (χ2n) is 7.69. The van der Waals surface area contributed by atoms with E-state index in [1.165, 1.54) is 6.92 Å². The number of ether oxygens (including phenoxy) is 1. The van der Waals surface area contributed by atoms with Crippen LogP contribution in [-0.2, 0) is 9.53 Å². The van der Waals surface area contributed by atoms with E-state index in [4.69, 9.17) is 4.74 Å². The summed E-state index contributed by atoms with van der Waals surface area (Å²) >= 11 is 0. The van der Waals surface area contributed by atoms with Gasteiger partial charge in [0.15, 0.2) is 0 Å². The number of rotatable bonds is 4. The average molecular weight is 282 g/mol. The van der Waals surface area contributed by atoms with E-state index >= 15 is 0 Å². The fraction of sp³-hybridized carbons (Fsp3) is 0.824. The normalized spacial score (nSPS) is 28.1. The van der Waals surface area contributed by atoms with Crippen molar-refractivity contribution < 1.29 is 14.6 Å². The second-order valence-corrected chi connectivity index (χ2v) is 7.69. The van der Waals surface area contributed by atoms with E-state index in [-0.39, 0.29) is 17.5 Å². The highest BCUT2D eigenvalue weighted by atomic mass is 16.5. The van der Waals surface area contributed by atoms with E-state index in [1.807, 2.05) is 13.8 Å². The summed E-state index contributed by atoms with van der Waals surface area (Å²) in [7, 11) is 0. The molecule has 0 heterocycles. The largest absolute Gasteiger partial charge is 0.461 e. The quantitative estimate of drug-likeness (QED) is 0.631. The van der Waals surface area contributed by atoms with Crippen LogP contribution in [0.15, 0.2) is 11.6 Å². The Morgan fingerprint density at radius 1 is 1.35 bits per heavy atom. The van der Waals surface area contributed by atoms with Crippen LogP contribution in [0.3, 0.4) is 0 Å². The molecule has 0 fully saturated rings. The minimum atomic E-state index is -0.557. The summed E-state index contributed by atoms with van der Waals surface area (Å²) in [5, 5.41) is 10.7. The summed E-state index contributed by atoms with van der Waals surface area (Å²) < 4.78 is 5.52. The SMILES string of the molecule is CC(=O)O[C@@H]1C(C)(C)C=C(CCC(C)C)[C@H](O)C1(C)C. The van der Waals surface area contributed by atoms with Crippen molar-refractivity contribution in [3.05, 3.63) is 11.6 Å². The van der Waals surface area contributed by atoms with Gasteiger partial charge in [-0.3, -0.25) is 4.79 Å². The van der Waals surface area contributed by atoms with E-state index in [0.717, 1.165) is 18.4 Å². The molecule has 0 aromatic heterocycles. The molecule has 0 aliphatic heterocycles. The first-order chi connectivity index (χ1) is 8.98. The summed E-state index contributed by atoms with van der Waals surface area (Å²) in [4.78, 5) is 11.4. The molecule has 0 unspecified atom stereocenters. The molecule has 0 aromatic rings. The van der Waals surface area contributed by atoms with Crippen LogP contribution in [0.4, 0.5) is 0 Å². The van der Waals surface area contributed by atoms with Gasteiger partial charge in [0, 0.05) is 17.8 Å². The lowest BCUT2D eigenvalue weighted by atomic mass is 9.62. The number of hydrogen-bond donors (Lipinski definition) is 1. The maximum atomic E-state index is 11.4. The van der Waals surface area contributed by atoms with Crippen LogP contribution in [0.2, 0.25) is 0 Å². The van der Waals surface area contributed by atoms with E-state index in [0.29, 0.717) is 5.92 Å². The summed E-state index contributed by atoms with van der Waals surface area (Å²) in [5.74, 6) is 0.322. The number of hydrogen-bond acceptors (Lipinski definition) is 3. The van der Waals surface area contributed by atoms with Crippen LogP contribution in [0.25, 0.3) is 0 Å². The maximum absolute atomic E-state index is 11.4. The molecule has 2 atom stereocenters. The molecule has 0 radical (unpaired) electrons. The molecule has 116 valence electrons. The zero-order valence-corrected chi connectivity index (χ0v) is 14.0. The molecule has 1 rings (SSSR count). The predicted molar refractivity (Wildman–Crippen MR) is 81.3 cm³/mol. The first kappa shape index (κ1) is 17.2. The molecule has 1 aliphatic rings. The van der Waals surface area contributed by atoms with Gasteiger partial charge in [0.2, 0.25) is 0 Å². The molecule has 0 bridgehead atoms. The van der Waals surface area contributed by atoms with Crippen LogP contribution in [0, 0.1) is 16.7 Å². The van der Waals surface area contributed by atoms with Crippen molar-refractivity contribution in [3.63, 3.8) is 0 Å². The fourth-order valence-corrected chi connectivity index (χ4v) is 3.35. The number of aliphatic hydroxyl groups is 1. The minimum absolute atomic E-state index is 0.263. The molecule has 3 heteroatoms. The Bertz CT molecular complexity index is 391. The third kappa shape index (κ3) is 3.63. The molecular weight excluding hydrogens is 252 g/mol. The second kappa shape index (κ2) is 5.88. The van der Waals surface area contributed by atoms with Gasteiger partial charge in [0.05, 0.1) is 6.10 Å². The van der Waals surface area contributed by atoms with Gasteiger partial charge in [-0.05, 0) is 24.3 Å². The van der Waals surface area contributed by atoms with Crippen molar-refractivity contribution in [1.82, 2.24) is 0 Å². The lowest BCUT2D eigenvalue weighted by Gasteiger charge is -2.49. The van der Waals surface area contributed by atoms with Crippen molar-refractivity contribution in [3.8, 4) is 0 Å². The Hall–Kier alpha value is -0.830. The van der Waals surface area contributed by atoms with Gasteiger partial charge in [-0.15, -0.1) is 0 Å². The molecule has 0 saturated heterocycles. The summed E-state index contributed by atoms with van der Waals surface area (Å²) in [6.45, 7) is 13.9. The Balaban J connectivity index is 3.08. The third-order valence-electron chi connectivity index (χ3n) is 4.26. The molecule has 3 nitrogen and oxygen atoms in total. The average Bonchev–Trinajstić information content (AvgIpc) is 2.28. The monoisotopic (exact) mass is 282 g/mol. The van der Waals surface area contributed by atoms with Gasteiger partial charge in [-0.1, -0.05) is 47.6 Å². The summed E-state index contributed by atoms with van der Waals surface area (Å²) in [6, 6.07) is 0. The standard InChI is InChI=1S/C17H30O3/c1-11(2)8-9-13-10-16(4,5)15(20-12(3)18)17(6,7)14(13)19/h10-11,14-15,19H,8-9H2,1-7H3/t14-,15+/m0/s1. The van der Waals surface area contributed by atoms with Crippen molar-refractivity contribution >= 4 is 5.97 Å². The zero-order valence-electron chi connectivity index (χ0n) is 14.0. The van der Waals surface area contributed by atoms with E-state index in [1.54, 1.807) is 0 Å². The molecule has 0 spiro atoms. The van der Waals surface area contributed by atoms with Gasteiger partial charge in [0.1, 0.15) is 6.10 Å². The highest BCUT2D eigenvalue weighted by Crippen LogP contribution is 2.47. The van der Waals surface area contributed by atoms with Crippen LogP contribution >= 0.6 is 0 Å². The zero-order chi connectivity index (χ0) is 15.7. The van der Waals surface area contributed by atoms with Gasteiger partial charge in [-0.2, -0.15) is 0 Å². The Morgan fingerprint density at radius 3 is 2.35 bits per heavy atom. The topological polar surface area (TPSA) is 46.5 Å². The Kier molecular flexibility index (Phi) is 5.07. The number of carbonyl (C=O) groups is 1. The van der Waals surface area contributed by atoms with Gasteiger partial charge < -0.3 is 9.84 Å². The molecule has 0 aromatic carbocycles. The van der Waals surface area contributed by atoms with Crippen molar-refractivity contribution in [2.45, 2.75) is 73.5 Å². The molecule has 20 heavy (non-hydrogen) atoms. The number of carbonyl (C=O) groups excluding carboxylic acids is 1. The van der Waals surface area contributed by atoms with Gasteiger partial charge >= 0.3 is 5.97 Å². The van der Waals surface area contributed by atoms with Gasteiger partial charge in [-0.25, -0.2) is 0 Å². The number of aliphatic hydroxyl groups excluding tert-OH is 1. The lowest BCUT2D eigenvalue weighted by molar-refractivity contribution is -0.169. The fourth-order valence-electron chi connectivity index (χ4n) is 3.35. The molecule has 0 saturated carbocycles. The molecular formula is C17H30O3. The van der Waals surface area contributed by atoms with Crippen molar-refractivity contribution in [1.29, 1.82) is 0 Å². The minimum Gasteiger partial charge on any atom is -0.461 e. The van der Waals surface area contributed by atoms with E-state index < -0.39 is 11.5 Å². The predicted octanol–water partition coefficient (Wildman–Crippen LogP) is 3.71. The van der Waals surface area contributed by atoms with Crippen molar-refractivity contribution in [2.75, 3.05) is 0 Å². The molecule has 0 amide bonds. The van der Waals surface area contributed by atoms with Crippen LogP contribution in [-0.4, -0.2) is 23.3 Å². The molecule has 1 aliphatic carbocycles. The Morgan fingerprint density at radius 2 is 1.90 bits per heavy atom. The third-order valence-corrected chi connectivity index (χ3v) is 4.26. The summed E-state index contributed by atoms with van der Waals surface area (Å²) in [5.41, 5.74) is 0.342. The first-order valence-electron chi connectivity index (χ1n) is 7.55. The van der Waals surface area contributed by atoms with Gasteiger partial charge in [0.25, 0.3) is 0 Å². The van der Waals surface area contributed by atoms with E-state index in [2.05, 4.69) is 33.8 Å². The van der Waals surface area contributed by atoms with Crippen LogP contribution in [0.5, 0.6) is 0 Å². The Labute approximate surface area is 123 Å². The number of esters is 1. The smallest absolute Gasteiger partial charge is 0.302 e. The first-order valence-corrected chi connectivity index (χ1v) is 7.55. The lowest BCUT2D eigenvalue weighted by Crippen LogP contribution is -2.53. The highest BCUT2D eigenvalue weighted by molar-refractivity contribution is 5.66. The maximum Gasteiger partial charge on any atom is 0.302 e. The summed E-state index contributed by atoms with van der Waals surface area (Å²) in [6.07, 6.45) is 3.20. The van der Waals surface area contributed by atoms with Crippen LogP contribution < -0.4 is 0 Å². The van der Waals surface area contributed by atoms with E-state index in [9.17, 15) is 9.90 Å².